The van der Waals surface area contributed by atoms with Gasteiger partial charge < -0.3 is 0 Å². The van der Waals surface area contributed by atoms with Crippen molar-refractivity contribution in [1.29, 1.82) is 5.26 Å². The average molecular weight is 363 g/mol. The first-order valence-electron chi connectivity index (χ1n) is 7.42. The zero-order chi connectivity index (χ0) is 17.2. The molecule has 4 rings (SSSR count). The van der Waals surface area contributed by atoms with Gasteiger partial charge in [0.2, 0.25) is 0 Å². The van der Waals surface area contributed by atoms with Crippen molar-refractivity contribution in [2.75, 3.05) is 0 Å². The molecule has 0 saturated carbocycles. The topological polar surface area (TPSA) is 49.6 Å². The van der Waals surface area contributed by atoms with Crippen molar-refractivity contribution in [3.8, 4) is 16.6 Å². The fourth-order valence-corrected chi connectivity index (χ4v) is 4.07. The Bertz CT molecular complexity index is 1080. The van der Waals surface area contributed by atoms with Crippen molar-refractivity contribution in [2.45, 2.75) is 0 Å². The van der Waals surface area contributed by atoms with E-state index in [2.05, 4.69) is 16.0 Å². The Kier molecular flexibility index (Phi) is 4.10. The van der Waals surface area contributed by atoms with E-state index >= 15 is 0 Å². The molecule has 0 fully saturated rings. The second-order valence-electron chi connectivity index (χ2n) is 5.24. The van der Waals surface area contributed by atoms with Crippen molar-refractivity contribution < 1.29 is 4.39 Å². The van der Waals surface area contributed by atoms with Crippen molar-refractivity contribution in [2.24, 2.45) is 0 Å². The Morgan fingerprint density at radius 2 is 1.88 bits per heavy atom. The van der Waals surface area contributed by atoms with E-state index in [0.29, 0.717) is 16.3 Å². The van der Waals surface area contributed by atoms with Crippen molar-refractivity contribution in [1.82, 2.24) is 9.97 Å². The van der Waals surface area contributed by atoms with E-state index < -0.39 is 0 Å². The third kappa shape index (κ3) is 3.20. The summed E-state index contributed by atoms with van der Waals surface area (Å²) in [6.07, 6.45) is 1.74. The predicted octanol–water partition coefficient (Wildman–Crippen LogP) is 5.62. The normalized spacial score (nSPS) is 11.6. The minimum absolute atomic E-state index is 0.275. The van der Waals surface area contributed by atoms with Gasteiger partial charge in [0, 0.05) is 10.9 Å². The smallest absolute Gasteiger partial charge is 0.135 e. The van der Waals surface area contributed by atoms with Crippen LogP contribution in [-0.2, 0) is 0 Å². The molecule has 3 nitrogen and oxygen atoms in total. The van der Waals surface area contributed by atoms with Gasteiger partial charge >= 0.3 is 0 Å². The number of benzene rings is 2. The summed E-state index contributed by atoms with van der Waals surface area (Å²) in [5.74, 6) is -0.275. The second kappa shape index (κ2) is 6.55. The number of thiazole rings is 2. The van der Waals surface area contributed by atoms with Crippen LogP contribution in [0.15, 0.2) is 53.9 Å². The highest BCUT2D eigenvalue weighted by atomic mass is 32.1. The van der Waals surface area contributed by atoms with Crippen LogP contribution in [0.4, 0.5) is 4.39 Å². The Morgan fingerprint density at radius 3 is 2.64 bits per heavy atom. The molecule has 120 valence electrons. The van der Waals surface area contributed by atoms with Crippen molar-refractivity contribution >= 4 is 44.5 Å². The maximum Gasteiger partial charge on any atom is 0.135 e. The molecule has 0 aliphatic rings. The van der Waals surface area contributed by atoms with Crippen LogP contribution < -0.4 is 0 Å². The molecule has 0 N–H and O–H groups in total. The molecule has 2 aromatic carbocycles. The zero-order valence-electron chi connectivity index (χ0n) is 12.8. The molecule has 6 heteroatoms. The first-order valence-corrected chi connectivity index (χ1v) is 9.12. The molecule has 0 radical (unpaired) electrons. The standard InChI is InChI=1S/C19H10FN3S2/c20-14-7-5-12(6-8-14)18-22-15(11-24-18)9-13(10-21)19-23-16-3-1-2-4-17(16)25-19/h1-9,11H/b13-9+. The van der Waals surface area contributed by atoms with E-state index in [9.17, 15) is 9.65 Å². The average Bonchev–Trinajstić information content (AvgIpc) is 3.27. The van der Waals surface area contributed by atoms with E-state index in [-0.39, 0.29) is 5.82 Å². The number of rotatable bonds is 3. The SMILES string of the molecule is N#C/C(=C\c1csc(-c2ccc(F)cc2)n1)c1nc2ccccc2s1. The third-order valence-corrected chi connectivity index (χ3v) is 5.53. The highest BCUT2D eigenvalue weighted by Crippen LogP contribution is 2.29. The number of nitrogens with zero attached hydrogens (tertiary/aromatic N) is 3. The number of aromatic nitrogens is 2. The highest BCUT2D eigenvalue weighted by molar-refractivity contribution is 7.19. The van der Waals surface area contributed by atoms with Gasteiger partial charge in [-0.05, 0) is 42.5 Å². The van der Waals surface area contributed by atoms with Gasteiger partial charge in [-0.2, -0.15) is 5.26 Å². The Hall–Kier alpha value is -2.88. The first kappa shape index (κ1) is 15.6. The molecule has 0 unspecified atom stereocenters. The molecule has 2 aromatic heterocycles. The molecule has 0 bridgehead atoms. The van der Waals surface area contributed by atoms with Crippen LogP contribution in [-0.4, -0.2) is 9.97 Å². The summed E-state index contributed by atoms with van der Waals surface area (Å²) < 4.78 is 14.1. The van der Waals surface area contributed by atoms with E-state index in [1.54, 1.807) is 18.2 Å². The maximum absolute atomic E-state index is 13.0. The second-order valence-corrected chi connectivity index (χ2v) is 7.13. The molecule has 0 amide bonds. The Balaban J connectivity index is 1.69. The summed E-state index contributed by atoms with van der Waals surface area (Å²) in [4.78, 5) is 9.04. The molecule has 0 atom stereocenters. The van der Waals surface area contributed by atoms with E-state index in [1.807, 2.05) is 29.6 Å². The van der Waals surface area contributed by atoms with Crippen LogP contribution in [0.25, 0.3) is 32.4 Å². The van der Waals surface area contributed by atoms with Crippen LogP contribution >= 0.6 is 22.7 Å². The predicted molar refractivity (Wildman–Crippen MR) is 101 cm³/mol. The molecule has 25 heavy (non-hydrogen) atoms. The van der Waals surface area contributed by atoms with E-state index in [0.717, 1.165) is 20.8 Å². The summed E-state index contributed by atoms with van der Waals surface area (Å²) >= 11 is 2.94. The fraction of sp³-hybridized carbons (Fsp3) is 0. The van der Waals surface area contributed by atoms with Crippen LogP contribution in [0.5, 0.6) is 0 Å². The highest BCUT2D eigenvalue weighted by Gasteiger charge is 2.10. The van der Waals surface area contributed by atoms with Gasteiger partial charge in [-0.15, -0.1) is 22.7 Å². The minimum atomic E-state index is -0.275. The van der Waals surface area contributed by atoms with Crippen LogP contribution in [0.1, 0.15) is 10.7 Å². The van der Waals surface area contributed by atoms with Gasteiger partial charge in [-0.1, -0.05) is 12.1 Å². The van der Waals surface area contributed by atoms with Gasteiger partial charge in [0.25, 0.3) is 0 Å². The minimum Gasteiger partial charge on any atom is -0.237 e. The lowest BCUT2D eigenvalue weighted by molar-refractivity contribution is 0.628. The van der Waals surface area contributed by atoms with Crippen LogP contribution in [0, 0.1) is 17.1 Å². The number of nitriles is 1. The van der Waals surface area contributed by atoms with Crippen molar-refractivity contribution in [3.63, 3.8) is 0 Å². The number of para-hydroxylation sites is 1. The molecular formula is C19H10FN3S2. The summed E-state index contributed by atoms with van der Waals surface area (Å²) in [6.45, 7) is 0. The largest absolute Gasteiger partial charge is 0.237 e. The molecule has 0 saturated heterocycles. The number of hydrogen-bond acceptors (Lipinski definition) is 5. The number of halogens is 1. The Labute approximate surface area is 151 Å². The molecule has 0 aliphatic heterocycles. The Morgan fingerprint density at radius 1 is 1.08 bits per heavy atom. The maximum atomic E-state index is 13.0. The molecule has 2 heterocycles. The number of hydrogen-bond donors (Lipinski definition) is 0. The zero-order valence-corrected chi connectivity index (χ0v) is 14.4. The molecule has 0 spiro atoms. The van der Waals surface area contributed by atoms with Gasteiger partial charge in [0.05, 0.1) is 21.5 Å². The van der Waals surface area contributed by atoms with E-state index in [1.165, 1.54) is 34.8 Å². The van der Waals surface area contributed by atoms with Crippen LogP contribution in [0.2, 0.25) is 0 Å². The van der Waals surface area contributed by atoms with Gasteiger partial charge in [-0.3, -0.25) is 0 Å². The third-order valence-electron chi connectivity index (χ3n) is 3.55. The van der Waals surface area contributed by atoms with Gasteiger partial charge in [0.1, 0.15) is 21.9 Å². The molecule has 4 aromatic rings. The summed E-state index contributed by atoms with van der Waals surface area (Å²) in [7, 11) is 0. The van der Waals surface area contributed by atoms with Gasteiger partial charge in [0.15, 0.2) is 0 Å². The number of fused-ring (bicyclic) bond motifs is 1. The first-order chi connectivity index (χ1) is 12.2. The molecule has 0 aliphatic carbocycles. The van der Waals surface area contributed by atoms with Gasteiger partial charge in [-0.25, -0.2) is 14.4 Å². The fourth-order valence-electron chi connectivity index (χ4n) is 2.35. The quantitative estimate of drug-likeness (QED) is 0.444. The van der Waals surface area contributed by atoms with E-state index in [4.69, 9.17) is 0 Å². The number of allylic oxidation sites excluding steroid dienone is 1. The lowest BCUT2D eigenvalue weighted by Gasteiger charge is -1.95. The van der Waals surface area contributed by atoms with Crippen LogP contribution in [0.3, 0.4) is 0 Å². The van der Waals surface area contributed by atoms with Crippen molar-refractivity contribution in [3.05, 3.63) is 70.4 Å². The summed E-state index contributed by atoms with van der Waals surface area (Å²) in [5, 5.41) is 12.8. The summed E-state index contributed by atoms with van der Waals surface area (Å²) in [5.41, 5.74) is 2.91. The lowest BCUT2D eigenvalue weighted by atomic mass is 10.2. The molecular weight excluding hydrogens is 353 g/mol. The monoisotopic (exact) mass is 363 g/mol. The lowest BCUT2D eigenvalue weighted by Crippen LogP contribution is -1.82. The summed E-state index contributed by atoms with van der Waals surface area (Å²) in [6, 6.07) is 16.2.